The van der Waals surface area contributed by atoms with E-state index in [2.05, 4.69) is 47.8 Å². The summed E-state index contributed by atoms with van der Waals surface area (Å²) in [5.41, 5.74) is 4.19. The summed E-state index contributed by atoms with van der Waals surface area (Å²) < 4.78 is 6.92. The van der Waals surface area contributed by atoms with E-state index < -0.39 is 6.04 Å². The first-order valence-electron chi connectivity index (χ1n) is 11.9. The molecule has 0 spiro atoms. The molecule has 1 aliphatic heterocycles. The minimum Gasteiger partial charge on any atom is -0.497 e. The second-order valence-corrected chi connectivity index (χ2v) is 10.2. The number of ether oxygens (including phenoxy) is 1. The standard InChI is InChI=1S/C29H26N2O3S/c1-34-23-13-11-22(12-14-23)30-28(33)25-17-35-29-27(19-9-10-19)21(16-26(32)31(25)29)15-20-7-4-6-18-5-2-3-8-24(18)20/h2-8,11-14,16,19,25H,9-10,15,17H2,1H3,(H,30,33)/t25-/m0/s1. The number of fused-ring (bicyclic) bond motifs is 2. The van der Waals surface area contributed by atoms with E-state index in [-0.39, 0.29) is 11.5 Å². The third-order valence-corrected chi connectivity index (χ3v) is 8.10. The van der Waals surface area contributed by atoms with Crippen LogP contribution in [0.5, 0.6) is 5.75 Å². The van der Waals surface area contributed by atoms with Crippen molar-refractivity contribution in [3.63, 3.8) is 0 Å². The van der Waals surface area contributed by atoms with E-state index in [0.717, 1.165) is 35.6 Å². The van der Waals surface area contributed by atoms with Crippen molar-refractivity contribution < 1.29 is 9.53 Å². The summed E-state index contributed by atoms with van der Waals surface area (Å²) in [6.07, 6.45) is 2.99. The fourth-order valence-electron chi connectivity index (χ4n) is 5.04. The van der Waals surface area contributed by atoms with Gasteiger partial charge in [0.15, 0.2) is 0 Å². The quantitative estimate of drug-likeness (QED) is 0.379. The highest BCUT2D eigenvalue weighted by atomic mass is 32.2. The Balaban J connectivity index is 1.35. The van der Waals surface area contributed by atoms with Gasteiger partial charge < -0.3 is 10.1 Å². The molecule has 1 atom stereocenters. The molecule has 2 aliphatic rings. The van der Waals surface area contributed by atoms with Crippen molar-refractivity contribution >= 4 is 34.1 Å². The third-order valence-electron chi connectivity index (χ3n) is 6.93. The molecule has 176 valence electrons. The predicted molar refractivity (Wildman–Crippen MR) is 141 cm³/mol. The van der Waals surface area contributed by atoms with Gasteiger partial charge >= 0.3 is 0 Å². The average Bonchev–Trinajstić information content (AvgIpc) is 3.61. The Morgan fingerprint density at radius 2 is 1.80 bits per heavy atom. The van der Waals surface area contributed by atoms with Crippen molar-refractivity contribution in [2.45, 2.75) is 36.2 Å². The summed E-state index contributed by atoms with van der Waals surface area (Å²) in [5.74, 6) is 1.60. The molecule has 1 amide bonds. The van der Waals surface area contributed by atoms with Gasteiger partial charge in [-0.1, -0.05) is 42.5 Å². The van der Waals surface area contributed by atoms with Crippen LogP contribution in [0.15, 0.2) is 82.6 Å². The number of methoxy groups -OCH3 is 1. The Hall–Kier alpha value is -3.51. The van der Waals surface area contributed by atoms with Gasteiger partial charge in [-0.15, -0.1) is 11.8 Å². The summed E-state index contributed by atoms with van der Waals surface area (Å²) in [6.45, 7) is 0. The molecule has 0 bridgehead atoms. The fourth-order valence-corrected chi connectivity index (χ4v) is 6.46. The molecule has 35 heavy (non-hydrogen) atoms. The number of carbonyl (C=O) groups is 1. The zero-order chi connectivity index (χ0) is 23.9. The van der Waals surface area contributed by atoms with Crippen molar-refractivity contribution in [3.05, 3.63) is 99.8 Å². The van der Waals surface area contributed by atoms with Crippen LogP contribution < -0.4 is 15.6 Å². The number of rotatable bonds is 6. The van der Waals surface area contributed by atoms with Crippen LogP contribution in [0.3, 0.4) is 0 Å². The van der Waals surface area contributed by atoms with E-state index in [1.54, 1.807) is 29.5 Å². The minimum atomic E-state index is -0.520. The van der Waals surface area contributed by atoms with Crippen LogP contribution in [-0.4, -0.2) is 23.3 Å². The molecule has 1 fully saturated rings. The molecule has 5 nitrogen and oxygen atoms in total. The molecular formula is C29H26N2O3S. The summed E-state index contributed by atoms with van der Waals surface area (Å²) in [6, 6.07) is 23.3. The van der Waals surface area contributed by atoms with Gasteiger partial charge in [0.05, 0.1) is 12.1 Å². The number of carbonyl (C=O) groups excluding carboxylic acids is 1. The molecule has 0 radical (unpaired) electrons. The van der Waals surface area contributed by atoms with E-state index in [1.165, 1.54) is 21.9 Å². The maximum Gasteiger partial charge on any atom is 0.252 e. The fraction of sp³-hybridized carbons (Fsp3) is 0.241. The first kappa shape index (κ1) is 22.0. The molecule has 1 saturated carbocycles. The topological polar surface area (TPSA) is 60.3 Å². The zero-order valence-electron chi connectivity index (χ0n) is 19.5. The second kappa shape index (κ2) is 8.93. The Kier molecular flexibility index (Phi) is 5.61. The van der Waals surface area contributed by atoms with E-state index >= 15 is 0 Å². The second-order valence-electron chi connectivity index (χ2n) is 9.23. The minimum absolute atomic E-state index is 0.0977. The lowest BCUT2D eigenvalue weighted by Gasteiger charge is -2.18. The van der Waals surface area contributed by atoms with E-state index in [1.807, 2.05) is 24.3 Å². The summed E-state index contributed by atoms with van der Waals surface area (Å²) in [5, 5.41) is 6.38. The van der Waals surface area contributed by atoms with E-state index in [0.29, 0.717) is 17.4 Å². The number of aromatic nitrogens is 1. The number of amides is 1. The van der Waals surface area contributed by atoms with E-state index in [9.17, 15) is 9.59 Å². The Labute approximate surface area is 208 Å². The third kappa shape index (κ3) is 4.12. The molecule has 1 aromatic heterocycles. The maximum absolute atomic E-state index is 13.4. The van der Waals surface area contributed by atoms with Crippen LogP contribution in [0.25, 0.3) is 10.8 Å². The Bertz CT molecular complexity index is 1480. The van der Waals surface area contributed by atoms with Crippen molar-refractivity contribution in [2.24, 2.45) is 0 Å². The number of pyridine rings is 1. The molecule has 1 aliphatic carbocycles. The first-order valence-corrected chi connectivity index (χ1v) is 12.9. The van der Waals surface area contributed by atoms with Crippen LogP contribution >= 0.6 is 11.8 Å². The molecule has 6 heteroatoms. The molecule has 1 N–H and O–H groups in total. The molecular weight excluding hydrogens is 456 g/mol. The Morgan fingerprint density at radius 3 is 2.57 bits per heavy atom. The maximum atomic E-state index is 13.4. The number of nitrogens with one attached hydrogen (secondary N) is 1. The number of hydrogen-bond donors (Lipinski definition) is 1. The van der Waals surface area contributed by atoms with Crippen LogP contribution in [0.2, 0.25) is 0 Å². The van der Waals surface area contributed by atoms with Gasteiger partial charge in [0.25, 0.3) is 5.56 Å². The zero-order valence-corrected chi connectivity index (χ0v) is 20.3. The number of hydrogen-bond acceptors (Lipinski definition) is 4. The summed E-state index contributed by atoms with van der Waals surface area (Å²) in [7, 11) is 1.61. The van der Waals surface area contributed by atoms with Gasteiger partial charge in [0, 0.05) is 17.5 Å². The number of thioether (sulfide) groups is 1. The monoisotopic (exact) mass is 482 g/mol. The summed E-state index contributed by atoms with van der Waals surface area (Å²) in [4.78, 5) is 26.6. The lowest BCUT2D eigenvalue weighted by Crippen LogP contribution is -2.33. The van der Waals surface area contributed by atoms with Crippen LogP contribution in [0.4, 0.5) is 5.69 Å². The molecule has 2 heterocycles. The van der Waals surface area contributed by atoms with Crippen molar-refractivity contribution in [1.82, 2.24) is 4.57 Å². The molecule has 6 rings (SSSR count). The summed E-state index contributed by atoms with van der Waals surface area (Å²) >= 11 is 1.64. The van der Waals surface area contributed by atoms with Crippen molar-refractivity contribution in [3.8, 4) is 5.75 Å². The number of nitrogens with zero attached hydrogens (tertiary/aromatic N) is 1. The molecule has 4 aromatic rings. The molecule has 0 saturated heterocycles. The highest BCUT2D eigenvalue weighted by Gasteiger charge is 2.37. The van der Waals surface area contributed by atoms with Crippen molar-refractivity contribution in [1.29, 1.82) is 0 Å². The van der Waals surface area contributed by atoms with E-state index in [4.69, 9.17) is 4.74 Å². The van der Waals surface area contributed by atoms with Gasteiger partial charge in [-0.2, -0.15) is 0 Å². The Morgan fingerprint density at radius 1 is 1.03 bits per heavy atom. The highest BCUT2D eigenvalue weighted by molar-refractivity contribution is 7.99. The number of benzene rings is 3. The predicted octanol–water partition coefficient (Wildman–Crippen LogP) is 5.76. The van der Waals surface area contributed by atoms with Gasteiger partial charge in [0.2, 0.25) is 5.91 Å². The lowest BCUT2D eigenvalue weighted by atomic mass is 9.95. The molecule has 3 aromatic carbocycles. The van der Waals surface area contributed by atoms with Crippen LogP contribution in [0, 0.1) is 0 Å². The SMILES string of the molecule is COc1ccc(NC(=O)[C@@H]2CSc3c(C4CC4)c(Cc4cccc5ccccc45)cc(=O)n32)cc1. The van der Waals surface area contributed by atoms with Gasteiger partial charge in [0.1, 0.15) is 11.8 Å². The molecule has 0 unspecified atom stereocenters. The van der Waals surface area contributed by atoms with Gasteiger partial charge in [-0.3, -0.25) is 14.2 Å². The smallest absolute Gasteiger partial charge is 0.252 e. The van der Waals surface area contributed by atoms with Gasteiger partial charge in [-0.05, 0) is 76.9 Å². The first-order chi connectivity index (χ1) is 17.1. The average molecular weight is 483 g/mol. The van der Waals surface area contributed by atoms with Gasteiger partial charge in [-0.25, -0.2) is 0 Å². The van der Waals surface area contributed by atoms with Crippen molar-refractivity contribution in [2.75, 3.05) is 18.2 Å². The number of anilines is 1. The normalized spacial score (nSPS) is 16.8. The highest BCUT2D eigenvalue weighted by Crippen LogP contribution is 2.48. The van der Waals surface area contributed by atoms with Crippen LogP contribution in [0.1, 0.15) is 41.5 Å². The van der Waals surface area contributed by atoms with Crippen LogP contribution in [-0.2, 0) is 11.2 Å². The largest absolute Gasteiger partial charge is 0.497 e. The lowest BCUT2D eigenvalue weighted by molar-refractivity contribution is -0.118.